The van der Waals surface area contributed by atoms with Gasteiger partial charge in [-0.25, -0.2) is 9.18 Å². The van der Waals surface area contributed by atoms with Gasteiger partial charge in [0.15, 0.2) is 0 Å². The third-order valence-corrected chi connectivity index (χ3v) is 10.6. The Hall–Kier alpha value is -4.82. The molecule has 3 saturated heterocycles. The number of H-pyrrole nitrogens is 1. The number of piperidine rings is 1. The van der Waals surface area contributed by atoms with Crippen LogP contribution in [-0.2, 0) is 16.1 Å². The number of dihydropyridines is 1. The van der Waals surface area contributed by atoms with Gasteiger partial charge in [0.25, 0.3) is 5.91 Å². The van der Waals surface area contributed by atoms with E-state index in [0.717, 1.165) is 41.4 Å². The maximum Gasteiger partial charge on any atom is 0.410 e. The predicted octanol–water partition coefficient (Wildman–Crippen LogP) is 3.69. The van der Waals surface area contributed by atoms with E-state index in [1.54, 1.807) is 34.2 Å². The molecule has 2 aromatic carbocycles. The molecule has 3 N–H and O–H groups in total. The summed E-state index contributed by atoms with van der Waals surface area (Å²) in [5.74, 6) is -0.329. The third kappa shape index (κ3) is 7.82. The first-order valence-electron chi connectivity index (χ1n) is 18.2. The Bertz CT molecular complexity index is 1850. The number of carbonyl (C=O) groups excluding carboxylic acids is 3. The maximum absolute atomic E-state index is 15.2. The topological polar surface area (TPSA) is 145 Å². The summed E-state index contributed by atoms with van der Waals surface area (Å²) in [6, 6.07) is 9.51. The standard InChI is InChI=1S/C38H46FN7O6/c1-24-20-25(10-13-40-24)35-29-21-26(6-8-32(29)42-43-35)36(47)41-27-7-9-33(46(22-27)23-30-31(39)4-3-5-34(30)50-2)37(48)44-14-16-45(17-15-44)38(49)52-28-11-18-51-19-12-28/h3-6,8,10,13,21,24,27-28,33H,7,9,11-12,14-20,22-23H2,1-2H3,(H,41,47)(H,42,43)/p+1/t24?,27-,33+/m1/s1. The van der Waals surface area contributed by atoms with Crippen LogP contribution in [0.5, 0.6) is 5.75 Å². The molecule has 1 unspecified atom stereocenters. The van der Waals surface area contributed by atoms with Gasteiger partial charge in [-0.15, -0.1) is 0 Å². The fourth-order valence-corrected chi connectivity index (χ4v) is 7.65. The summed E-state index contributed by atoms with van der Waals surface area (Å²) in [7, 11) is 1.50. The van der Waals surface area contributed by atoms with E-state index in [2.05, 4.69) is 32.2 Å². The number of fused-ring (bicyclic) bond motifs is 1. The molecule has 0 aliphatic carbocycles. The van der Waals surface area contributed by atoms with Gasteiger partial charge in [-0.3, -0.25) is 24.6 Å². The molecule has 4 aliphatic rings. The Morgan fingerprint density at radius 2 is 1.83 bits per heavy atom. The molecule has 276 valence electrons. The first-order chi connectivity index (χ1) is 25.3. The number of rotatable bonds is 8. The van der Waals surface area contributed by atoms with E-state index in [1.807, 2.05) is 23.1 Å². The summed E-state index contributed by atoms with van der Waals surface area (Å²) in [6.07, 6.45) is 6.58. The van der Waals surface area contributed by atoms with Gasteiger partial charge in [0, 0.05) is 68.0 Å². The SMILES string of the molecule is COc1cccc(F)c1CN1C[C@H](NC(=O)c2ccc3[nH]nc(C4=CC=NC(C)C4)c3c2)CC[C@H]1C(=O)N1CCN(C(=O)OC2CC[OH+]CC2)CC1. The normalized spacial score (nSPS) is 23.0. The number of halogens is 1. The van der Waals surface area contributed by atoms with Crippen molar-refractivity contribution < 1.29 is 33.0 Å². The van der Waals surface area contributed by atoms with Crippen molar-refractivity contribution in [2.24, 2.45) is 4.99 Å². The zero-order chi connectivity index (χ0) is 36.2. The van der Waals surface area contributed by atoms with E-state index in [1.165, 1.54) is 13.2 Å². The number of amides is 3. The second-order valence-electron chi connectivity index (χ2n) is 14.1. The second-order valence-corrected chi connectivity index (χ2v) is 14.1. The first kappa shape index (κ1) is 35.6. The average molecular weight is 717 g/mol. The van der Waals surface area contributed by atoms with Gasteiger partial charge in [-0.1, -0.05) is 6.07 Å². The smallest absolute Gasteiger partial charge is 0.410 e. The summed E-state index contributed by atoms with van der Waals surface area (Å²) < 4.78 is 30.8. The Labute approximate surface area is 302 Å². The Morgan fingerprint density at radius 3 is 2.60 bits per heavy atom. The van der Waals surface area contributed by atoms with Crippen molar-refractivity contribution in [1.29, 1.82) is 0 Å². The molecule has 0 radical (unpaired) electrons. The van der Waals surface area contributed by atoms with Crippen molar-refractivity contribution in [2.45, 2.75) is 69.8 Å². The quantitative estimate of drug-likeness (QED) is 0.339. The number of hydrogen-bond donors (Lipinski definition) is 2. The van der Waals surface area contributed by atoms with E-state index < -0.39 is 11.9 Å². The summed E-state index contributed by atoms with van der Waals surface area (Å²) in [4.78, 5) is 50.5. The number of nitrogens with one attached hydrogen (secondary N) is 2. The summed E-state index contributed by atoms with van der Waals surface area (Å²) in [5.41, 5.74) is 3.57. The number of aliphatic imine (C=N–C) groups is 1. The molecule has 0 bridgehead atoms. The van der Waals surface area contributed by atoms with E-state index in [-0.39, 0.29) is 42.6 Å². The highest BCUT2D eigenvalue weighted by Crippen LogP contribution is 2.30. The van der Waals surface area contributed by atoms with Gasteiger partial charge in [0.2, 0.25) is 5.91 Å². The lowest BCUT2D eigenvalue weighted by Gasteiger charge is -2.43. The number of benzene rings is 2. The van der Waals surface area contributed by atoms with Gasteiger partial charge in [0.05, 0.1) is 43.2 Å². The molecule has 14 heteroatoms. The molecule has 13 nitrogen and oxygen atoms in total. The number of methoxy groups -OCH3 is 1. The lowest BCUT2D eigenvalue weighted by atomic mass is 9.95. The lowest BCUT2D eigenvalue weighted by Crippen LogP contribution is -2.59. The number of piperazine rings is 1. The molecule has 3 atom stereocenters. The van der Waals surface area contributed by atoms with E-state index in [0.29, 0.717) is 75.7 Å². The molecular weight excluding hydrogens is 669 g/mol. The molecule has 3 amide bonds. The van der Waals surface area contributed by atoms with Crippen LogP contribution in [0.25, 0.3) is 16.5 Å². The fraction of sp³-hybridized carbons (Fsp3) is 0.500. The number of aromatic amines is 1. The summed E-state index contributed by atoms with van der Waals surface area (Å²) in [5, 5.41) is 11.7. The van der Waals surface area contributed by atoms with Crippen LogP contribution >= 0.6 is 0 Å². The van der Waals surface area contributed by atoms with Crippen LogP contribution in [0.15, 0.2) is 47.5 Å². The van der Waals surface area contributed by atoms with E-state index in [9.17, 15) is 14.4 Å². The number of aromatic nitrogens is 2. The molecule has 3 aromatic rings. The van der Waals surface area contributed by atoms with Crippen molar-refractivity contribution in [3.05, 3.63) is 65.1 Å². The summed E-state index contributed by atoms with van der Waals surface area (Å²) in [6.45, 7) is 5.44. The molecule has 52 heavy (non-hydrogen) atoms. The number of allylic oxidation sites excluding steroid dienone is 1. The van der Waals surface area contributed by atoms with Gasteiger partial charge in [-0.05, 0) is 68.2 Å². The molecule has 5 heterocycles. The predicted molar refractivity (Wildman–Crippen MR) is 194 cm³/mol. The van der Waals surface area contributed by atoms with Gasteiger partial charge < -0.3 is 29.3 Å². The average Bonchev–Trinajstić information content (AvgIpc) is 3.59. The van der Waals surface area contributed by atoms with Gasteiger partial charge >= 0.3 is 6.09 Å². The van der Waals surface area contributed by atoms with Crippen LogP contribution in [0.1, 0.15) is 60.6 Å². The number of carbonyl (C=O) groups is 3. The zero-order valence-corrected chi connectivity index (χ0v) is 29.7. The van der Waals surface area contributed by atoms with Crippen LogP contribution in [0, 0.1) is 5.82 Å². The summed E-state index contributed by atoms with van der Waals surface area (Å²) >= 11 is 0. The second kappa shape index (κ2) is 15.8. The number of nitrogens with zero attached hydrogens (tertiary/aromatic N) is 5. The lowest BCUT2D eigenvalue weighted by molar-refractivity contribution is -0.140. The molecule has 1 aromatic heterocycles. The van der Waals surface area contributed by atoms with Crippen molar-refractivity contribution in [3.8, 4) is 5.75 Å². The van der Waals surface area contributed by atoms with Crippen LogP contribution < -0.4 is 10.1 Å². The van der Waals surface area contributed by atoms with Crippen molar-refractivity contribution in [3.63, 3.8) is 0 Å². The Morgan fingerprint density at radius 1 is 1.04 bits per heavy atom. The van der Waals surface area contributed by atoms with Gasteiger partial charge in [-0.2, -0.15) is 5.10 Å². The van der Waals surface area contributed by atoms with Crippen LogP contribution in [0.4, 0.5) is 9.18 Å². The Kier molecular flexibility index (Phi) is 10.8. The Balaban J connectivity index is 1.04. The minimum Gasteiger partial charge on any atom is -0.496 e. The molecule has 0 spiro atoms. The number of aliphatic hydroxyl groups is 2. The van der Waals surface area contributed by atoms with Crippen molar-refractivity contribution in [1.82, 2.24) is 30.2 Å². The fourth-order valence-electron chi connectivity index (χ4n) is 7.65. The maximum atomic E-state index is 15.2. The van der Waals surface area contributed by atoms with Crippen LogP contribution in [0.3, 0.4) is 0 Å². The molecule has 3 fully saturated rings. The monoisotopic (exact) mass is 716 g/mol. The first-order valence-corrected chi connectivity index (χ1v) is 18.2. The highest BCUT2D eigenvalue weighted by molar-refractivity contribution is 6.01. The third-order valence-electron chi connectivity index (χ3n) is 10.6. The van der Waals surface area contributed by atoms with E-state index >= 15 is 4.39 Å². The van der Waals surface area contributed by atoms with E-state index in [4.69, 9.17) is 9.47 Å². The number of likely N-dealkylation sites (tertiary alicyclic amines) is 1. The minimum absolute atomic E-state index is 0.0729. The highest BCUT2D eigenvalue weighted by Gasteiger charge is 2.38. The molecular formula is C38H47FN7O6+. The van der Waals surface area contributed by atoms with Crippen LogP contribution in [0.2, 0.25) is 0 Å². The zero-order valence-electron chi connectivity index (χ0n) is 29.7. The highest BCUT2D eigenvalue weighted by atomic mass is 19.1. The largest absolute Gasteiger partial charge is 0.496 e. The minimum atomic E-state index is -0.540. The van der Waals surface area contributed by atoms with Gasteiger partial charge in [0.1, 0.15) is 30.9 Å². The molecule has 4 aliphatic heterocycles. The molecule has 0 saturated carbocycles. The van der Waals surface area contributed by atoms with Crippen LogP contribution in [-0.4, -0.2) is 131 Å². The number of hydrogen-bond acceptors (Lipinski definition) is 8. The molecule has 7 rings (SSSR count). The number of ether oxygens (including phenoxy) is 3. The van der Waals surface area contributed by atoms with Crippen molar-refractivity contribution >= 4 is 40.6 Å². The van der Waals surface area contributed by atoms with Crippen molar-refractivity contribution in [2.75, 3.05) is 53.0 Å².